The normalized spacial score (nSPS) is 15.1. The molecule has 1 aliphatic heterocycles. The summed E-state index contributed by atoms with van der Waals surface area (Å²) < 4.78 is 16.1. The number of hydrogen-bond acceptors (Lipinski definition) is 4. The van der Waals surface area contributed by atoms with Crippen LogP contribution in [0.2, 0.25) is 0 Å². The first kappa shape index (κ1) is 17.8. The average Bonchev–Trinajstić information content (AvgIpc) is 2.63. The smallest absolute Gasteiger partial charge is 0.408 e. The van der Waals surface area contributed by atoms with Gasteiger partial charge in [-0.25, -0.2) is 4.79 Å². The summed E-state index contributed by atoms with van der Waals surface area (Å²) in [4.78, 5) is 12.2. The van der Waals surface area contributed by atoms with E-state index in [4.69, 9.17) is 14.2 Å². The number of alkyl halides is 1. The van der Waals surface area contributed by atoms with Crippen molar-refractivity contribution in [1.29, 1.82) is 0 Å². The maximum absolute atomic E-state index is 12.2. The van der Waals surface area contributed by atoms with Gasteiger partial charge in [-0.3, -0.25) is 0 Å². The first-order chi connectivity index (χ1) is 12.2. The lowest BCUT2D eigenvalue weighted by molar-refractivity contribution is -0.0763. The lowest BCUT2D eigenvalue weighted by Crippen LogP contribution is -2.59. The minimum Gasteiger partial charge on any atom is -0.496 e. The van der Waals surface area contributed by atoms with Crippen LogP contribution in [0, 0.1) is 0 Å². The summed E-state index contributed by atoms with van der Waals surface area (Å²) in [5.74, 6) is 0.778. The Bertz CT molecular complexity index is 731. The molecule has 132 valence electrons. The molecule has 0 atom stereocenters. The molecule has 1 heterocycles. The minimum absolute atomic E-state index is 0.232. The van der Waals surface area contributed by atoms with Crippen molar-refractivity contribution >= 4 is 22.0 Å². The van der Waals surface area contributed by atoms with E-state index >= 15 is 0 Å². The van der Waals surface area contributed by atoms with Crippen LogP contribution < -0.4 is 10.1 Å². The van der Waals surface area contributed by atoms with E-state index in [1.807, 2.05) is 48.5 Å². The highest BCUT2D eigenvalue weighted by Gasteiger charge is 2.42. The minimum atomic E-state index is -0.577. The standard InChI is InChI=1S/C19H20BrNO4/c1-23-17-9-16(8-7-15(17)10-20)19(12-24-13-19)21-18(22)25-11-14-5-3-2-4-6-14/h2-9H,10-13H2,1H3,(H,21,22). The highest BCUT2D eigenvalue weighted by Crippen LogP contribution is 2.34. The zero-order valence-electron chi connectivity index (χ0n) is 14.0. The molecule has 1 amide bonds. The third-order valence-electron chi connectivity index (χ3n) is 4.23. The van der Waals surface area contributed by atoms with Crippen molar-refractivity contribution in [2.75, 3.05) is 20.3 Å². The van der Waals surface area contributed by atoms with Crippen molar-refractivity contribution < 1.29 is 19.0 Å². The van der Waals surface area contributed by atoms with Crippen LogP contribution in [0.4, 0.5) is 4.79 Å². The topological polar surface area (TPSA) is 56.8 Å². The van der Waals surface area contributed by atoms with Gasteiger partial charge in [0.15, 0.2) is 0 Å². The van der Waals surface area contributed by atoms with Gasteiger partial charge in [-0.05, 0) is 17.2 Å². The van der Waals surface area contributed by atoms with Gasteiger partial charge < -0.3 is 19.5 Å². The van der Waals surface area contributed by atoms with Crippen LogP contribution in [0.5, 0.6) is 5.75 Å². The van der Waals surface area contributed by atoms with E-state index in [0.717, 1.165) is 22.4 Å². The maximum atomic E-state index is 12.2. The van der Waals surface area contributed by atoms with Crippen molar-refractivity contribution in [3.05, 3.63) is 65.2 Å². The van der Waals surface area contributed by atoms with Gasteiger partial charge in [0.25, 0.3) is 0 Å². The second-order valence-electron chi connectivity index (χ2n) is 5.92. The number of rotatable bonds is 6. The molecule has 6 heteroatoms. The lowest BCUT2D eigenvalue weighted by atomic mass is 9.87. The van der Waals surface area contributed by atoms with E-state index in [2.05, 4.69) is 21.2 Å². The number of hydrogen-bond donors (Lipinski definition) is 1. The molecule has 1 aliphatic rings. The van der Waals surface area contributed by atoms with Gasteiger partial charge in [0.05, 0.1) is 20.3 Å². The first-order valence-electron chi connectivity index (χ1n) is 7.97. The second-order valence-corrected chi connectivity index (χ2v) is 6.48. The van der Waals surface area contributed by atoms with Gasteiger partial charge in [-0.1, -0.05) is 58.4 Å². The van der Waals surface area contributed by atoms with E-state index in [0.29, 0.717) is 18.5 Å². The van der Waals surface area contributed by atoms with Crippen LogP contribution in [-0.4, -0.2) is 26.4 Å². The van der Waals surface area contributed by atoms with Crippen LogP contribution in [0.25, 0.3) is 0 Å². The van der Waals surface area contributed by atoms with Crippen molar-refractivity contribution in [3.8, 4) is 5.75 Å². The largest absolute Gasteiger partial charge is 0.496 e. The summed E-state index contributed by atoms with van der Waals surface area (Å²) in [6, 6.07) is 15.5. The van der Waals surface area contributed by atoms with Crippen LogP contribution in [0.3, 0.4) is 0 Å². The monoisotopic (exact) mass is 405 g/mol. The molecule has 0 saturated carbocycles. The van der Waals surface area contributed by atoms with Crippen LogP contribution in [0.1, 0.15) is 16.7 Å². The van der Waals surface area contributed by atoms with E-state index in [-0.39, 0.29) is 6.61 Å². The Hall–Kier alpha value is -2.05. The number of carbonyl (C=O) groups excluding carboxylic acids is 1. The molecule has 2 aromatic carbocycles. The Morgan fingerprint density at radius 2 is 2.00 bits per heavy atom. The average molecular weight is 406 g/mol. The molecule has 0 aromatic heterocycles. The highest BCUT2D eigenvalue weighted by molar-refractivity contribution is 9.08. The number of carbonyl (C=O) groups is 1. The Morgan fingerprint density at radius 3 is 2.60 bits per heavy atom. The maximum Gasteiger partial charge on any atom is 0.408 e. The van der Waals surface area contributed by atoms with Gasteiger partial charge >= 0.3 is 6.09 Å². The SMILES string of the molecule is COc1cc(C2(NC(=O)OCc3ccccc3)COC2)ccc1CBr. The summed E-state index contributed by atoms with van der Waals surface area (Å²) in [5.41, 5.74) is 2.36. The Kier molecular flexibility index (Phi) is 5.60. The molecule has 1 N–H and O–H groups in total. The number of halogens is 1. The fourth-order valence-corrected chi connectivity index (χ4v) is 3.19. The van der Waals surface area contributed by atoms with Gasteiger partial charge in [0.2, 0.25) is 0 Å². The summed E-state index contributed by atoms with van der Waals surface area (Å²) in [7, 11) is 1.64. The van der Waals surface area contributed by atoms with Crippen molar-refractivity contribution in [3.63, 3.8) is 0 Å². The van der Waals surface area contributed by atoms with E-state index in [9.17, 15) is 4.79 Å². The third-order valence-corrected chi connectivity index (χ3v) is 4.84. The zero-order valence-corrected chi connectivity index (χ0v) is 15.5. The predicted molar refractivity (Wildman–Crippen MR) is 97.9 cm³/mol. The molecule has 1 saturated heterocycles. The second kappa shape index (κ2) is 7.89. The van der Waals surface area contributed by atoms with Crippen LogP contribution >= 0.6 is 15.9 Å². The summed E-state index contributed by atoms with van der Waals surface area (Å²) in [6.45, 7) is 1.05. The number of nitrogens with one attached hydrogen (secondary N) is 1. The molecule has 0 radical (unpaired) electrons. The number of amides is 1. The Morgan fingerprint density at radius 1 is 1.24 bits per heavy atom. The van der Waals surface area contributed by atoms with Crippen molar-refractivity contribution in [2.45, 2.75) is 17.5 Å². The molecule has 25 heavy (non-hydrogen) atoms. The molecule has 0 spiro atoms. The van der Waals surface area contributed by atoms with Gasteiger partial charge in [-0.2, -0.15) is 0 Å². The molecular formula is C19H20BrNO4. The van der Waals surface area contributed by atoms with Crippen molar-refractivity contribution in [1.82, 2.24) is 5.32 Å². The van der Waals surface area contributed by atoms with E-state index in [1.165, 1.54) is 0 Å². The van der Waals surface area contributed by atoms with Gasteiger partial charge in [0, 0.05) is 10.9 Å². The van der Waals surface area contributed by atoms with Gasteiger partial charge in [-0.15, -0.1) is 0 Å². The first-order valence-corrected chi connectivity index (χ1v) is 9.09. The van der Waals surface area contributed by atoms with Gasteiger partial charge in [0.1, 0.15) is 17.9 Å². The Labute approximate surface area is 155 Å². The summed E-state index contributed by atoms with van der Waals surface area (Å²) >= 11 is 3.44. The zero-order chi connectivity index (χ0) is 17.7. The molecule has 2 aromatic rings. The molecular weight excluding hydrogens is 386 g/mol. The number of ether oxygens (including phenoxy) is 3. The summed E-state index contributed by atoms with van der Waals surface area (Å²) in [5, 5.41) is 3.65. The number of methoxy groups -OCH3 is 1. The predicted octanol–water partition coefficient (Wildman–Crippen LogP) is 3.74. The van der Waals surface area contributed by atoms with E-state index < -0.39 is 11.6 Å². The molecule has 5 nitrogen and oxygen atoms in total. The summed E-state index contributed by atoms with van der Waals surface area (Å²) in [6.07, 6.45) is -0.462. The van der Waals surface area contributed by atoms with Crippen LogP contribution in [0.15, 0.2) is 48.5 Å². The molecule has 0 bridgehead atoms. The third kappa shape index (κ3) is 3.96. The molecule has 0 aliphatic carbocycles. The lowest BCUT2D eigenvalue weighted by Gasteiger charge is -2.42. The fourth-order valence-electron chi connectivity index (χ4n) is 2.72. The fraction of sp³-hybridized carbons (Fsp3) is 0.316. The number of alkyl carbamates (subject to hydrolysis) is 1. The molecule has 3 rings (SSSR count). The molecule has 0 unspecified atom stereocenters. The number of benzene rings is 2. The Balaban J connectivity index is 1.69. The van der Waals surface area contributed by atoms with E-state index in [1.54, 1.807) is 7.11 Å². The van der Waals surface area contributed by atoms with Crippen molar-refractivity contribution in [2.24, 2.45) is 0 Å². The quantitative estimate of drug-likeness (QED) is 0.743. The highest BCUT2D eigenvalue weighted by atomic mass is 79.9. The van der Waals surface area contributed by atoms with Crippen LogP contribution in [-0.2, 0) is 26.9 Å². The molecule has 1 fully saturated rings.